The number of carbonyl (C=O) groups is 2. The predicted molar refractivity (Wildman–Crippen MR) is 102 cm³/mol. The smallest absolute Gasteiger partial charge is 0.303 e. The first-order chi connectivity index (χ1) is 13.3. The summed E-state index contributed by atoms with van der Waals surface area (Å²) in [6.07, 6.45) is 1.02. The van der Waals surface area contributed by atoms with Crippen LogP contribution in [0.15, 0.2) is 42.6 Å². The first kappa shape index (κ1) is 19.6. The Hall–Kier alpha value is -3.19. The number of carboxylic acids is 1. The summed E-state index contributed by atoms with van der Waals surface area (Å²) in [4.78, 5) is 27.1. The van der Waals surface area contributed by atoms with Crippen LogP contribution in [0.25, 0.3) is 10.9 Å². The molecule has 8 heteroatoms. The molecule has 6 nitrogen and oxygen atoms in total. The Morgan fingerprint density at radius 3 is 2.54 bits per heavy atom. The van der Waals surface area contributed by atoms with Crippen molar-refractivity contribution in [3.05, 3.63) is 70.1 Å². The van der Waals surface area contributed by atoms with Crippen molar-refractivity contribution < 1.29 is 24.2 Å². The van der Waals surface area contributed by atoms with Crippen LogP contribution < -0.4 is 5.32 Å². The zero-order chi connectivity index (χ0) is 20.3. The number of aromatic hydroxyl groups is 1. The van der Waals surface area contributed by atoms with Crippen molar-refractivity contribution in [2.75, 3.05) is 0 Å². The monoisotopic (exact) mass is 402 g/mol. The van der Waals surface area contributed by atoms with Crippen molar-refractivity contribution in [1.82, 2.24) is 10.3 Å². The van der Waals surface area contributed by atoms with E-state index >= 15 is 0 Å². The molecule has 0 fully saturated rings. The van der Waals surface area contributed by atoms with Crippen LogP contribution in [-0.4, -0.2) is 27.1 Å². The van der Waals surface area contributed by atoms with Gasteiger partial charge in [-0.15, -0.1) is 0 Å². The van der Waals surface area contributed by atoms with Gasteiger partial charge in [-0.1, -0.05) is 23.7 Å². The largest absolute Gasteiger partial charge is 0.506 e. The highest BCUT2D eigenvalue weighted by Gasteiger charge is 2.17. The third kappa shape index (κ3) is 4.37. The van der Waals surface area contributed by atoms with Gasteiger partial charge in [0.25, 0.3) is 5.91 Å². The number of benzene rings is 2. The molecule has 3 aromatic rings. The Morgan fingerprint density at radius 1 is 1.14 bits per heavy atom. The van der Waals surface area contributed by atoms with Gasteiger partial charge in [0.15, 0.2) is 0 Å². The number of pyridine rings is 1. The molecule has 3 rings (SSSR count). The molecule has 0 atom stereocenters. The van der Waals surface area contributed by atoms with Crippen LogP contribution in [0.1, 0.15) is 27.9 Å². The van der Waals surface area contributed by atoms with Crippen LogP contribution >= 0.6 is 11.6 Å². The number of halogens is 2. The number of aryl methyl sites for hydroxylation is 1. The topological polar surface area (TPSA) is 99.5 Å². The normalized spacial score (nSPS) is 10.8. The van der Waals surface area contributed by atoms with Gasteiger partial charge < -0.3 is 15.5 Å². The number of carbonyl (C=O) groups excluding carboxylic acids is 1. The second-order valence-corrected chi connectivity index (χ2v) is 6.63. The highest BCUT2D eigenvalue weighted by Crippen LogP contribution is 2.30. The lowest BCUT2D eigenvalue weighted by Gasteiger charge is -2.10. The van der Waals surface area contributed by atoms with Gasteiger partial charge in [0, 0.05) is 29.6 Å². The molecule has 2 aromatic carbocycles. The number of hydrogen-bond acceptors (Lipinski definition) is 4. The summed E-state index contributed by atoms with van der Waals surface area (Å²) in [6, 6.07) is 9.52. The van der Waals surface area contributed by atoms with Gasteiger partial charge >= 0.3 is 5.97 Å². The van der Waals surface area contributed by atoms with Gasteiger partial charge in [0.2, 0.25) is 0 Å². The van der Waals surface area contributed by atoms with Crippen LogP contribution in [0, 0.1) is 5.82 Å². The fourth-order valence-electron chi connectivity index (χ4n) is 2.74. The Bertz CT molecular complexity index is 1050. The molecule has 1 amide bonds. The zero-order valence-corrected chi connectivity index (χ0v) is 15.3. The number of amides is 1. The molecule has 0 radical (unpaired) electrons. The van der Waals surface area contributed by atoms with Gasteiger partial charge in [-0.3, -0.25) is 14.6 Å². The maximum Gasteiger partial charge on any atom is 0.303 e. The van der Waals surface area contributed by atoms with E-state index in [1.807, 2.05) is 0 Å². The van der Waals surface area contributed by atoms with Gasteiger partial charge in [0.1, 0.15) is 22.6 Å². The molecule has 144 valence electrons. The standard InChI is InChI=1S/C20H16ClFN2O4/c21-13-4-1-11(2-5-13)9-24-20(28)15-10-23-18-14(19(15)27)7-12(8-16(18)22)3-6-17(25)26/h1-2,4-5,7-8,10H,3,6,9H2,(H,23,27)(H,24,28)(H,25,26). The minimum absolute atomic E-state index is 0.0551. The molecule has 28 heavy (non-hydrogen) atoms. The molecule has 3 N–H and O–H groups in total. The van der Waals surface area contributed by atoms with Gasteiger partial charge in [0.05, 0.1) is 0 Å². The lowest BCUT2D eigenvalue weighted by Crippen LogP contribution is -2.23. The SMILES string of the molecule is O=C(O)CCc1cc(F)c2ncc(C(=O)NCc3ccc(Cl)cc3)c(O)c2c1. The number of hydrogen-bond donors (Lipinski definition) is 3. The molecular weight excluding hydrogens is 387 g/mol. The molecule has 0 aliphatic carbocycles. The Balaban J connectivity index is 1.86. The summed E-state index contributed by atoms with van der Waals surface area (Å²) in [6.45, 7) is 0.209. The number of carboxylic acid groups (broad SMARTS) is 1. The van der Waals surface area contributed by atoms with E-state index in [1.165, 1.54) is 12.1 Å². The van der Waals surface area contributed by atoms with Crippen LogP contribution in [0.4, 0.5) is 4.39 Å². The molecule has 0 aliphatic heterocycles. The number of rotatable bonds is 6. The van der Waals surface area contributed by atoms with E-state index in [0.717, 1.165) is 11.8 Å². The third-order valence-corrected chi connectivity index (χ3v) is 4.45. The van der Waals surface area contributed by atoms with Crippen molar-refractivity contribution in [2.24, 2.45) is 0 Å². The average Bonchev–Trinajstić information content (AvgIpc) is 2.66. The third-order valence-electron chi connectivity index (χ3n) is 4.19. The molecule has 0 spiro atoms. The van der Waals surface area contributed by atoms with Crippen LogP contribution in [-0.2, 0) is 17.8 Å². The van der Waals surface area contributed by atoms with E-state index in [9.17, 15) is 19.1 Å². The van der Waals surface area contributed by atoms with E-state index < -0.39 is 23.4 Å². The highest BCUT2D eigenvalue weighted by atomic mass is 35.5. The molecule has 1 heterocycles. The second kappa shape index (κ2) is 8.22. The van der Waals surface area contributed by atoms with E-state index in [1.54, 1.807) is 24.3 Å². The summed E-state index contributed by atoms with van der Waals surface area (Å²) >= 11 is 5.82. The summed E-state index contributed by atoms with van der Waals surface area (Å²) in [5.41, 5.74) is 1.01. The van der Waals surface area contributed by atoms with E-state index in [0.29, 0.717) is 10.6 Å². The first-order valence-corrected chi connectivity index (χ1v) is 8.77. The molecule has 0 aliphatic rings. The average molecular weight is 403 g/mol. The van der Waals surface area contributed by atoms with Gasteiger partial charge in [-0.05, 0) is 41.8 Å². The van der Waals surface area contributed by atoms with Gasteiger partial charge in [-0.2, -0.15) is 0 Å². The van der Waals surface area contributed by atoms with Crippen LogP contribution in [0.2, 0.25) is 5.02 Å². The zero-order valence-electron chi connectivity index (χ0n) is 14.6. The van der Waals surface area contributed by atoms with E-state index in [-0.39, 0.29) is 35.9 Å². The second-order valence-electron chi connectivity index (χ2n) is 6.20. The van der Waals surface area contributed by atoms with Crippen molar-refractivity contribution in [1.29, 1.82) is 0 Å². The lowest BCUT2D eigenvalue weighted by atomic mass is 10.0. The van der Waals surface area contributed by atoms with Crippen LogP contribution in [0.5, 0.6) is 5.75 Å². The molecule has 0 unspecified atom stereocenters. The fourth-order valence-corrected chi connectivity index (χ4v) is 2.87. The molecular formula is C20H16ClFN2O4. The predicted octanol–water partition coefficient (Wildman–Crippen LogP) is 3.68. The van der Waals surface area contributed by atoms with Gasteiger partial charge in [-0.25, -0.2) is 4.39 Å². The Kier molecular flexibility index (Phi) is 5.75. The number of nitrogens with one attached hydrogen (secondary N) is 1. The molecule has 0 saturated heterocycles. The fraction of sp³-hybridized carbons (Fsp3) is 0.150. The maximum atomic E-state index is 14.3. The quantitative estimate of drug-likeness (QED) is 0.584. The van der Waals surface area contributed by atoms with E-state index in [4.69, 9.17) is 16.7 Å². The Morgan fingerprint density at radius 2 is 1.86 bits per heavy atom. The molecule has 1 aromatic heterocycles. The number of aromatic nitrogens is 1. The first-order valence-electron chi connectivity index (χ1n) is 8.39. The molecule has 0 bridgehead atoms. The number of nitrogens with zero attached hydrogens (tertiary/aromatic N) is 1. The maximum absolute atomic E-state index is 14.3. The van der Waals surface area contributed by atoms with Crippen LogP contribution in [0.3, 0.4) is 0 Å². The number of aliphatic carboxylic acids is 1. The lowest BCUT2D eigenvalue weighted by molar-refractivity contribution is -0.136. The summed E-state index contributed by atoms with van der Waals surface area (Å²) < 4.78 is 14.3. The molecule has 0 saturated carbocycles. The van der Waals surface area contributed by atoms with Crippen molar-refractivity contribution in [3.8, 4) is 5.75 Å². The van der Waals surface area contributed by atoms with Crippen molar-refractivity contribution >= 4 is 34.4 Å². The van der Waals surface area contributed by atoms with Crippen molar-refractivity contribution in [3.63, 3.8) is 0 Å². The number of fused-ring (bicyclic) bond motifs is 1. The Labute approximate surface area is 164 Å². The van der Waals surface area contributed by atoms with E-state index in [2.05, 4.69) is 10.3 Å². The van der Waals surface area contributed by atoms with Crippen molar-refractivity contribution in [2.45, 2.75) is 19.4 Å². The summed E-state index contributed by atoms with van der Waals surface area (Å²) in [5, 5.41) is 22.5. The minimum Gasteiger partial charge on any atom is -0.506 e. The minimum atomic E-state index is -1.02. The summed E-state index contributed by atoms with van der Waals surface area (Å²) in [5.74, 6) is -2.69. The summed E-state index contributed by atoms with van der Waals surface area (Å²) in [7, 11) is 0. The highest BCUT2D eigenvalue weighted by molar-refractivity contribution is 6.30.